The van der Waals surface area contributed by atoms with Gasteiger partial charge in [-0.25, -0.2) is 0 Å². The molecule has 84 heavy (non-hydrogen) atoms. The predicted octanol–water partition coefficient (Wildman–Crippen LogP) is 26.2. The second-order valence-corrected chi connectivity index (χ2v) is 25.3. The van der Waals surface area contributed by atoms with Crippen LogP contribution in [0.5, 0.6) is 0 Å². The van der Waals surface area contributed by atoms with Crippen molar-refractivity contribution < 1.29 is 24.2 Å². The second kappa shape index (κ2) is 74.6. The molecule has 490 valence electrons. The van der Waals surface area contributed by atoms with Crippen molar-refractivity contribution in [3.8, 4) is 0 Å². The van der Waals surface area contributed by atoms with Crippen molar-refractivity contribution in [1.82, 2.24) is 0 Å². The summed E-state index contributed by atoms with van der Waals surface area (Å²) in [5, 5.41) is 9.72. The molecule has 1 unspecified atom stereocenters. The van der Waals surface area contributed by atoms with E-state index in [1.165, 1.54) is 302 Å². The van der Waals surface area contributed by atoms with Gasteiger partial charge in [0.2, 0.25) is 0 Å². The third-order valence-electron chi connectivity index (χ3n) is 17.0. The first-order valence-corrected chi connectivity index (χ1v) is 37.5. The van der Waals surface area contributed by atoms with Crippen molar-refractivity contribution in [2.75, 3.05) is 13.2 Å². The van der Waals surface area contributed by atoms with Crippen molar-refractivity contribution in [2.24, 2.45) is 0 Å². The number of carbonyl (C=O) groups excluding carboxylic acids is 2. The molecule has 0 saturated carbocycles. The smallest absolute Gasteiger partial charge is 0.306 e. The first kappa shape index (κ1) is 81.3. The van der Waals surface area contributed by atoms with Crippen LogP contribution in [0.15, 0.2) is 72.9 Å². The van der Waals surface area contributed by atoms with Crippen LogP contribution in [0.1, 0.15) is 399 Å². The summed E-state index contributed by atoms with van der Waals surface area (Å²) in [6.45, 7) is 4.07. The lowest BCUT2D eigenvalue weighted by Crippen LogP contribution is -2.28. The number of carbonyl (C=O) groups is 2. The molecule has 0 aromatic carbocycles. The number of allylic oxidation sites excluding steroid dienone is 12. The maximum absolute atomic E-state index is 12.4. The van der Waals surface area contributed by atoms with Gasteiger partial charge in [0, 0.05) is 12.8 Å². The Morgan fingerprint density at radius 3 is 0.774 bits per heavy atom. The number of hydrogen-bond donors (Lipinski definition) is 1. The van der Waals surface area contributed by atoms with Gasteiger partial charge in [0.15, 0.2) is 6.10 Å². The van der Waals surface area contributed by atoms with E-state index in [0.717, 1.165) is 70.6 Å². The number of hydrogen-bond acceptors (Lipinski definition) is 5. The van der Waals surface area contributed by atoms with E-state index in [9.17, 15) is 14.7 Å². The lowest BCUT2D eigenvalue weighted by atomic mass is 10.0. The fraction of sp³-hybridized carbons (Fsp3) is 0.823. The first-order chi connectivity index (χ1) is 41.6. The van der Waals surface area contributed by atoms with E-state index in [1.54, 1.807) is 0 Å². The van der Waals surface area contributed by atoms with Crippen LogP contribution in [0.4, 0.5) is 0 Å². The summed E-state index contributed by atoms with van der Waals surface area (Å²) in [7, 11) is 0. The average Bonchev–Trinajstić information content (AvgIpc) is 3.51. The van der Waals surface area contributed by atoms with Crippen LogP contribution in [0, 0.1) is 0 Å². The number of aliphatic hydroxyl groups excluding tert-OH is 1. The molecular formula is C79H144O5. The highest BCUT2D eigenvalue weighted by atomic mass is 16.6. The molecule has 0 rings (SSSR count). The minimum absolute atomic E-state index is 0.0607. The van der Waals surface area contributed by atoms with Crippen LogP contribution in [0.2, 0.25) is 0 Å². The molecule has 0 aliphatic carbocycles. The lowest BCUT2D eigenvalue weighted by Gasteiger charge is -2.15. The highest BCUT2D eigenvalue weighted by Crippen LogP contribution is 2.19. The first-order valence-electron chi connectivity index (χ1n) is 37.5. The van der Waals surface area contributed by atoms with E-state index in [2.05, 4.69) is 86.8 Å². The van der Waals surface area contributed by atoms with Gasteiger partial charge in [-0.05, 0) is 83.5 Å². The molecule has 0 radical (unpaired) electrons. The Bertz CT molecular complexity index is 1470. The van der Waals surface area contributed by atoms with Gasteiger partial charge < -0.3 is 14.6 Å². The van der Waals surface area contributed by atoms with Gasteiger partial charge in [0.25, 0.3) is 0 Å². The van der Waals surface area contributed by atoms with Crippen LogP contribution < -0.4 is 0 Å². The Labute approximate surface area is 524 Å². The lowest BCUT2D eigenvalue weighted by molar-refractivity contribution is -0.161. The number of esters is 2. The molecule has 0 spiro atoms. The Morgan fingerprint density at radius 2 is 0.512 bits per heavy atom. The third kappa shape index (κ3) is 71.8. The SMILES string of the molecule is CC/C=C\C/C=C\C/C=C\C/C=C\CCCCCCCCCCCCCCCCCCCCCCCCCCC(=O)OC(CO)COC(=O)CCCCCCCCCCCCCCCCCCCCCCC/C=C\C/C=C\CCCCCCC. The van der Waals surface area contributed by atoms with Crippen LogP contribution >= 0.6 is 0 Å². The molecule has 0 aromatic rings. The zero-order valence-corrected chi connectivity index (χ0v) is 56.4. The summed E-state index contributed by atoms with van der Waals surface area (Å²) >= 11 is 0. The van der Waals surface area contributed by atoms with Crippen LogP contribution in [0.25, 0.3) is 0 Å². The van der Waals surface area contributed by atoms with Gasteiger partial charge in [0.1, 0.15) is 6.61 Å². The van der Waals surface area contributed by atoms with Crippen LogP contribution in [-0.2, 0) is 19.1 Å². The zero-order chi connectivity index (χ0) is 60.5. The van der Waals surface area contributed by atoms with E-state index in [0.29, 0.717) is 12.8 Å². The standard InChI is InChI=1S/C79H144O5/c1-3-5-7-9-11-13-15-17-19-21-23-25-27-29-31-33-35-37-38-39-40-42-44-46-48-50-52-54-56-58-60-62-64-66-68-70-72-74-79(82)84-77(75-80)76-83-78(81)73-71-69-67-65-63-61-59-57-55-53-51-49-47-45-43-41-36-34-32-30-28-26-24-22-20-18-16-14-12-10-8-6-4-2/h5,7,11,13,16-19,22-25,77,80H,3-4,6,8-10,12,14-15,20-21,26-76H2,1-2H3/b7-5-,13-11-,18-16-,19-17-,24-22-,25-23-. The summed E-state index contributed by atoms with van der Waals surface area (Å²) in [4.78, 5) is 24.7. The molecule has 0 aliphatic rings. The average molecular weight is 1170 g/mol. The molecule has 0 amide bonds. The fourth-order valence-corrected chi connectivity index (χ4v) is 11.4. The van der Waals surface area contributed by atoms with Crippen molar-refractivity contribution in [2.45, 2.75) is 405 Å². The maximum Gasteiger partial charge on any atom is 0.306 e. The maximum atomic E-state index is 12.4. The van der Waals surface area contributed by atoms with Gasteiger partial charge in [-0.3, -0.25) is 9.59 Å². The van der Waals surface area contributed by atoms with Gasteiger partial charge >= 0.3 is 11.9 Å². The predicted molar refractivity (Wildman–Crippen MR) is 371 cm³/mol. The largest absolute Gasteiger partial charge is 0.462 e. The van der Waals surface area contributed by atoms with Gasteiger partial charge in [0.05, 0.1) is 6.61 Å². The van der Waals surface area contributed by atoms with Crippen molar-refractivity contribution >= 4 is 11.9 Å². The van der Waals surface area contributed by atoms with Gasteiger partial charge in [-0.2, -0.15) is 0 Å². The van der Waals surface area contributed by atoms with Crippen molar-refractivity contribution in [3.63, 3.8) is 0 Å². The Balaban J connectivity index is 3.38. The van der Waals surface area contributed by atoms with Crippen LogP contribution in [0.3, 0.4) is 0 Å². The van der Waals surface area contributed by atoms with Crippen molar-refractivity contribution in [1.29, 1.82) is 0 Å². The molecule has 1 atom stereocenters. The molecule has 1 N–H and O–H groups in total. The Kier molecular flexibility index (Phi) is 72.2. The number of rotatable bonds is 70. The highest BCUT2D eigenvalue weighted by Gasteiger charge is 2.16. The Hall–Kier alpha value is -2.66. The molecule has 0 aromatic heterocycles. The number of ether oxygens (including phenoxy) is 2. The fourth-order valence-electron chi connectivity index (χ4n) is 11.4. The van der Waals surface area contributed by atoms with E-state index in [-0.39, 0.29) is 25.2 Å². The minimum Gasteiger partial charge on any atom is -0.462 e. The third-order valence-corrected chi connectivity index (χ3v) is 17.0. The normalized spacial score (nSPS) is 12.6. The molecule has 5 nitrogen and oxygen atoms in total. The van der Waals surface area contributed by atoms with E-state index >= 15 is 0 Å². The van der Waals surface area contributed by atoms with E-state index in [4.69, 9.17) is 9.47 Å². The highest BCUT2D eigenvalue weighted by molar-refractivity contribution is 5.70. The summed E-state index contributed by atoms with van der Waals surface area (Å²) < 4.78 is 10.8. The second-order valence-electron chi connectivity index (χ2n) is 25.3. The van der Waals surface area contributed by atoms with Crippen LogP contribution in [-0.4, -0.2) is 36.4 Å². The monoisotopic (exact) mass is 1170 g/mol. The molecule has 0 saturated heterocycles. The molecule has 0 bridgehead atoms. The molecule has 0 heterocycles. The minimum atomic E-state index is -0.772. The summed E-state index contributed by atoms with van der Waals surface area (Å²) in [5.74, 6) is -0.567. The molecular weight excluding hydrogens is 1030 g/mol. The van der Waals surface area contributed by atoms with Gasteiger partial charge in [-0.1, -0.05) is 376 Å². The molecule has 0 aliphatic heterocycles. The zero-order valence-electron chi connectivity index (χ0n) is 56.4. The van der Waals surface area contributed by atoms with E-state index < -0.39 is 6.10 Å². The summed E-state index contributed by atoms with van der Waals surface area (Å²) in [6, 6.07) is 0. The van der Waals surface area contributed by atoms with Crippen molar-refractivity contribution in [3.05, 3.63) is 72.9 Å². The number of aliphatic hydroxyl groups is 1. The summed E-state index contributed by atoms with van der Waals surface area (Å²) in [6.07, 6.45) is 104. The quantitative estimate of drug-likeness (QED) is 0.0373. The Morgan fingerprint density at radius 1 is 0.286 bits per heavy atom. The van der Waals surface area contributed by atoms with Gasteiger partial charge in [-0.15, -0.1) is 0 Å². The van der Waals surface area contributed by atoms with E-state index in [1.807, 2.05) is 0 Å². The molecule has 0 fully saturated rings. The molecule has 5 heteroatoms. The topological polar surface area (TPSA) is 72.8 Å². The summed E-state index contributed by atoms with van der Waals surface area (Å²) in [5.41, 5.74) is 0. The number of unbranched alkanes of at least 4 members (excludes halogenated alkanes) is 50.